The van der Waals surface area contributed by atoms with Gasteiger partial charge >= 0.3 is 0 Å². The van der Waals surface area contributed by atoms with Crippen LogP contribution in [0.2, 0.25) is 0 Å². The van der Waals surface area contributed by atoms with Gasteiger partial charge in [-0.25, -0.2) is 0 Å². The zero-order valence-electron chi connectivity index (χ0n) is 9.29. The number of aromatic nitrogens is 2. The highest BCUT2D eigenvalue weighted by Gasteiger charge is 2.17. The van der Waals surface area contributed by atoms with Gasteiger partial charge in [-0.1, -0.05) is 18.6 Å². The van der Waals surface area contributed by atoms with Gasteiger partial charge in [0.15, 0.2) is 0 Å². The average molecular weight is 205 g/mol. The molecular formula is C12H19N3. The number of allylic oxidation sites excluding steroid dienone is 1. The molecule has 1 aliphatic carbocycles. The minimum absolute atomic E-state index is 0.369. The number of aromatic amines is 1. The molecule has 0 aromatic carbocycles. The van der Waals surface area contributed by atoms with Gasteiger partial charge in [0.2, 0.25) is 0 Å². The maximum absolute atomic E-state index is 4.03. The van der Waals surface area contributed by atoms with E-state index in [1.165, 1.54) is 36.8 Å². The van der Waals surface area contributed by atoms with Crippen LogP contribution in [0.5, 0.6) is 0 Å². The van der Waals surface area contributed by atoms with E-state index in [0.29, 0.717) is 6.04 Å². The highest BCUT2D eigenvalue weighted by molar-refractivity contribution is 5.25. The molecule has 0 spiro atoms. The normalized spacial score (nSPS) is 18.6. The number of hydrogen-bond acceptors (Lipinski definition) is 2. The fourth-order valence-corrected chi connectivity index (χ4v) is 2.21. The van der Waals surface area contributed by atoms with Crippen LogP contribution in [0.25, 0.3) is 0 Å². The molecule has 82 valence electrons. The Hall–Kier alpha value is -1.09. The van der Waals surface area contributed by atoms with Crippen LogP contribution in [0.4, 0.5) is 0 Å². The first-order valence-electron chi connectivity index (χ1n) is 5.82. The number of likely N-dealkylation sites (N-methyl/N-ethyl adjacent to an activating group) is 1. The van der Waals surface area contributed by atoms with Gasteiger partial charge in [0.05, 0.1) is 12.2 Å². The SMILES string of the molecule is CCNC(C1=CCCCC1)c1cn[nH]c1. The zero-order valence-corrected chi connectivity index (χ0v) is 9.29. The van der Waals surface area contributed by atoms with Crippen LogP contribution in [0.15, 0.2) is 24.0 Å². The molecule has 1 atom stereocenters. The summed E-state index contributed by atoms with van der Waals surface area (Å²) in [6, 6.07) is 0.369. The maximum atomic E-state index is 4.03. The molecule has 1 heterocycles. The van der Waals surface area contributed by atoms with E-state index in [1.54, 1.807) is 0 Å². The Bertz CT molecular complexity index is 314. The summed E-state index contributed by atoms with van der Waals surface area (Å²) in [6.45, 7) is 3.14. The molecule has 0 saturated heterocycles. The van der Waals surface area contributed by atoms with Gasteiger partial charge in [-0.2, -0.15) is 5.10 Å². The van der Waals surface area contributed by atoms with Gasteiger partial charge < -0.3 is 5.32 Å². The molecule has 1 aromatic rings. The number of rotatable bonds is 4. The van der Waals surface area contributed by atoms with E-state index in [2.05, 4.69) is 28.5 Å². The molecule has 0 aliphatic heterocycles. The lowest BCUT2D eigenvalue weighted by molar-refractivity contribution is 0.564. The fourth-order valence-electron chi connectivity index (χ4n) is 2.21. The molecule has 0 radical (unpaired) electrons. The third kappa shape index (κ3) is 2.48. The van der Waals surface area contributed by atoms with Gasteiger partial charge in [-0.15, -0.1) is 0 Å². The van der Waals surface area contributed by atoms with Gasteiger partial charge in [0.1, 0.15) is 0 Å². The molecule has 1 aromatic heterocycles. The van der Waals surface area contributed by atoms with E-state index >= 15 is 0 Å². The lowest BCUT2D eigenvalue weighted by Gasteiger charge is -2.23. The van der Waals surface area contributed by atoms with Crippen molar-refractivity contribution in [2.75, 3.05) is 6.54 Å². The Morgan fingerprint density at radius 3 is 3.07 bits per heavy atom. The van der Waals surface area contributed by atoms with E-state index in [-0.39, 0.29) is 0 Å². The third-order valence-electron chi connectivity index (χ3n) is 2.96. The quantitative estimate of drug-likeness (QED) is 0.742. The molecule has 0 amide bonds. The maximum Gasteiger partial charge on any atom is 0.0567 e. The van der Waals surface area contributed by atoms with Crippen molar-refractivity contribution in [3.8, 4) is 0 Å². The van der Waals surface area contributed by atoms with Crippen LogP contribution in [0, 0.1) is 0 Å². The minimum atomic E-state index is 0.369. The van der Waals surface area contributed by atoms with Crippen molar-refractivity contribution in [3.05, 3.63) is 29.6 Å². The Morgan fingerprint density at radius 2 is 2.47 bits per heavy atom. The summed E-state index contributed by atoms with van der Waals surface area (Å²) in [5, 5.41) is 10.4. The second-order valence-corrected chi connectivity index (χ2v) is 4.05. The summed E-state index contributed by atoms with van der Waals surface area (Å²) in [5.41, 5.74) is 2.79. The minimum Gasteiger partial charge on any atom is -0.307 e. The Labute approximate surface area is 91.0 Å². The Morgan fingerprint density at radius 1 is 1.53 bits per heavy atom. The predicted molar refractivity (Wildman–Crippen MR) is 61.6 cm³/mol. The predicted octanol–water partition coefficient (Wildman–Crippen LogP) is 2.56. The summed E-state index contributed by atoms with van der Waals surface area (Å²) in [6.07, 6.45) is 11.4. The summed E-state index contributed by atoms with van der Waals surface area (Å²) < 4.78 is 0. The molecule has 2 rings (SSSR count). The first-order valence-corrected chi connectivity index (χ1v) is 5.82. The molecular weight excluding hydrogens is 186 g/mol. The van der Waals surface area contributed by atoms with Gasteiger partial charge in [0, 0.05) is 11.8 Å². The number of hydrogen-bond donors (Lipinski definition) is 2. The van der Waals surface area contributed by atoms with E-state index in [1.807, 2.05) is 12.4 Å². The largest absolute Gasteiger partial charge is 0.307 e. The summed E-state index contributed by atoms with van der Waals surface area (Å²) >= 11 is 0. The van der Waals surface area contributed by atoms with Crippen molar-refractivity contribution in [1.29, 1.82) is 0 Å². The lowest BCUT2D eigenvalue weighted by Crippen LogP contribution is -2.23. The molecule has 15 heavy (non-hydrogen) atoms. The monoisotopic (exact) mass is 205 g/mol. The second kappa shape index (κ2) is 5.12. The van der Waals surface area contributed by atoms with Gasteiger partial charge in [-0.05, 0) is 32.2 Å². The van der Waals surface area contributed by atoms with Gasteiger partial charge in [0.25, 0.3) is 0 Å². The molecule has 1 aliphatic rings. The molecule has 1 unspecified atom stereocenters. The molecule has 2 N–H and O–H groups in total. The summed E-state index contributed by atoms with van der Waals surface area (Å²) in [5.74, 6) is 0. The standard InChI is InChI=1S/C12H19N3/c1-2-13-12(11-8-14-15-9-11)10-6-4-3-5-7-10/h6,8-9,12-13H,2-5,7H2,1H3,(H,14,15). The summed E-state index contributed by atoms with van der Waals surface area (Å²) in [7, 11) is 0. The van der Waals surface area contributed by atoms with Crippen molar-refractivity contribution in [2.24, 2.45) is 0 Å². The Kier molecular flexibility index (Phi) is 3.56. The number of nitrogens with zero attached hydrogens (tertiary/aromatic N) is 1. The van der Waals surface area contributed by atoms with E-state index < -0.39 is 0 Å². The molecule has 3 nitrogen and oxygen atoms in total. The van der Waals surface area contributed by atoms with Crippen LogP contribution in [0.1, 0.15) is 44.2 Å². The van der Waals surface area contributed by atoms with Crippen LogP contribution >= 0.6 is 0 Å². The van der Waals surface area contributed by atoms with Crippen molar-refractivity contribution in [2.45, 2.75) is 38.6 Å². The molecule has 0 fully saturated rings. The lowest BCUT2D eigenvalue weighted by atomic mass is 9.91. The first-order chi connectivity index (χ1) is 7.42. The third-order valence-corrected chi connectivity index (χ3v) is 2.96. The molecule has 0 bridgehead atoms. The number of nitrogens with one attached hydrogen (secondary N) is 2. The topological polar surface area (TPSA) is 40.7 Å². The zero-order chi connectivity index (χ0) is 10.5. The van der Waals surface area contributed by atoms with Crippen molar-refractivity contribution < 1.29 is 0 Å². The highest BCUT2D eigenvalue weighted by Crippen LogP contribution is 2.29. The van der Waals surface area contributed by atoms with Crippen LogP contribution in [0.3, 0.4) is 0 Å². The first kappa shape index (κ1) is 10.4. The van der Waals surface area contributed by atoms with Crippen molar-refractivity contribution >= 4 is 0 Å². The highest BCUT2D eigenvalue weighted by atomic mass is 15.1. The van der Waals surface area contributed by atoms with Crippen LogP contribution in [-0.4, -0.2) is 16.7 Å². The van der Waals surface area contributed by atoms with Crippen molar-refractivity contribution in [1.82, 2.24) is 15.5 Å². The number of H-pyrrole nitrogens is 1. The average Bonchev–Trinajstić information content (AvgIpc) is 2.80. The van der Waals surface area contributed by atoms with E-state index in [9.17, 15) is 0 Å². The van der Waals surface area contributed by atoms with E-state index in [0.717, 1.165) is 6.54 Å². The van der Waals surface area contributed by atoms with Crippen LogP contribution in [-0.2, 0) is 0 Å². The Balaban J connectivity index is 2.15. The summed E-state index contributed by atoms with van der Waals surface area (Å²) in [4.78, 5) is 0. The second-order valence-electron chi connectivity index (χ2n) is 4.05. The fraction of sp³-hybridized carbons (Fsp3) is 0.583. The van der Waals surface area contributed by atoms with Gasteiger partial charge in [-0.3, -0.25) is 5.10 Å². The van der Waals surface area contributed by atoms with E-state index in [4.69, 9.17) is 0 Å². The smallest absolute Gasteiger partial charge is 0.0567 e. The van der Waals surface area contributed by atoms with Crippen molar-refractivity contribution in [3.63, 3.8) is 0 Å². The van der Waals surface area contributed by atoms with Crippen LogP contribution < -0.4 is 5.32 Å². The molecule has 3 heteroatoms. The molecule has 0 saturated carbocycles.